The zero-order valence-corrected chi connectivity index (χ0v) is 7.62. The quantitative estimate of drug-likeness (QED) is 0.541. The van der Waals surface area contributed by atoms with E-state index >= 15 is 0 Å². The van der Waals surface area contributed by atoms with Crippen molar-refractivity contribution in [1.82, 2.24) is 0 Å². The molecule has 0 atom stereocenters. The van der Waals surface area contributed by atoms with Crippen molar-refractivity contribution in [2.45, 2.75) is 13.8 Å². The van der Waals surface area contributed by atoms with Crippen molar-refractivity contribution in [2.24, 2.45) is 0 Å². The Morgan fingerprint density at radius 1 is 1.43 bits per heavy atom. The molecule has 0 aliphatic carbocycles. The predicted octanol–water partition coefficient (Wildman–Crippen LogP) is 2.84. The third-order valence-electron chi connectivity index (χ3n) is 1.81. The lowest BCUT2D eigenvalue weighted by molar-refractivity contribution is 0.112. The van der Waals surface area contributed by atoms with E-state index in [2.05, 4.69) is 6.58 Å². The number of carbonyl (C=O) groups is 1. The number of allylic oxidation sites excluding steroid dienone is 1. The van der Waals surface area contributed by atoms with E-state index in [0.717, 1.165) is 17.6 Å². The average Bonchev–Trinajstić information content (AvgIpc) is 2.19. The molecule has 1 aromatic rings. The van der Waals surface area contributed by atoms with E-state index in [1.807, 2.05) is 12.1 Å². The lowest BCUT2D eigenvalue weighted by atomic mass is 10.1. The summed E-state index contributed by atoms with van der Waals surface area (Å²) in [5.41, 5.74) is 1.78. The summed E-state index contributed by atoms with van der Waals surface area (Å²) >= 11 is 0. The zero-order valence-electron chi connectivity index (χ0n) is 7.62. The Morgan fingerprint density at radius 3 is 2.43 bits per heavy atom. The van der Waals surface area contributed by atoms with Crippen molar-refractivity contribution in [1.29, 1.82) is 0 Å². The molecule has 0 aliphatic rings. The van der Waals surface area contributed by atoms with Gasteiger partial charge in [-0.25, -0.2) is 0 Å². The molecule has 0 spiro atoms. The summed E-state index contributed by atoms with van der Waals surface area (Å²) in [6.45, 7) is 3.72. The fraction of sp³-hybridized carbons (Fsp3) is 0.250. The molecule has 0 aliphatic heterocycles. The van der Waals surface area contributed by atoms with Crippen LogP contribution in [0.5, 0.6) is 0 Å². The molecule has 0 saturated carbocycles. The second-order valence-electron chi connectivity index (χ2n) is 2.78. The maximum atomic E-state index is 10.4. The summed E-state index contributed by atoms with van der Waals surface area (Å²) in [7, 11) is 1.60. The molecule has 0 fully saturated rings. The SMILES string of the molecule is C.C=C(Cc1ccc(C=O)cc1)OC. The highest BCUT2D eigenvalue weighted by Gasteiger charge is 1.96. The van der Waals surface area contributed by atoms with Gasteiger partial charge in [0.15, 0.2) is 0 Å². The first-order chi connectivity index (χ1) is 6.26. The first-order valence-corrected chi connectivity index (χ1v) is 4.02. The van der Waals surface area contributed by atoms with Crippen LogP contribution in [0.1, 0.15) is 23.3 Å². The minimum Gasteiger partial charge on any atom is -0.501 e. The monoisotopic (exact) mass is 192 g/mol. The summed E-state index contributed by atoms with van der Waals surface area (Å²) in [6.07, 6.45) is 1.52. The van der Waals surface area contributed by atoms with Gasteiger partial charge in [-0.2, -0.15) is 0 Å². The topological polar surface area (TPSA) is 26.3 Å². The Hall–Kier alpha value is -1.57. The van der Waals surface area contributed by atoms with Gasteiger partial charge in [0.2, 0.25) is 0 Å². The van der Waals surface area contributed by atoms with Crippen LogP contribution in [-0.4, -0.2) is 13.4 Å². The van der Waals surface area contributed by atoms with Crippen LogP contribution in [0.2, 0.25) is 0 Å². The summed E-state index contributed by atoms with van der Waals surface area (Å²) in [6, 6.07) is 7.36. The number of carbonyl (C=O) groups excluding carboxylic acids is 1. The number of rotatable bonds is 4. The standard InChI is InChI=1S/C11H12O2.CH4/c1-9(13-2)7-10-3-5-11(8-12)6-4-10;/h3-6,8H,1,7H2,2H3;1H4. The van der Waals surface area contributed by atoms with E-state index in [1.54, 1.807) is 19.2 Å². The van der Waals surface area contributed by atoms with E-state index in [1.165, 1.54) is 0 Å². The smallest absolute Gasteiger partial charge is 0.150 e. The molecule has 1 rings (SSSR count). The Labute approximate surface area is 85.2 Å². The van der Waals surface area contributed by atoms with Gasteiger partial charge in [-0.15, -0.1) is 0 Å². The van der Waals surface area contributed by atoms with Crippen molar-refractivity contribution in [2.75, 3.05) is 7.11 Å². The molecule has 14 heavy (non-hydrogen) atoms. The normalized spacial score (nSPS) is 8.64. The first-order valence-electron chi connectivity index (χ1n) is 4.02. The van der Waals surface area contributed by atoms with Gasteiger partial charge in [0, 0.05) is 12.0 Å². The summed E-state index contributed by atoms with van der Waals surface area (Å²) < 4.78 is 4.95. The molecule has 76 valence electrons. The Morgan fingerprint density at radius 2 is 2.00 bits per heavy atom. The number of methoxy groups -OCH3 is 1. The van der Waals surface area contributed by atoms with Gasteiger partial charge in [-0.3, -0.25) is 4.79 Å². The molecule has 0 saturated heterocycles. The maximum Gasteiger partial charge on any atom is 0.150 e. The second kappa shape index (κ2) is 5.97. The summed E-state index contributed by atoms with van der Waals surface area (Å²) in [5, 5.41) is 0. The average molecular weight is 192 g/mol. The van der Waals surface area contributed by atoms with E-state index in [4.69, 9.17) is 4.74 Å². The lowest BCUT2D eigenvalue weighted by Gasteiger charge is -2.03. The van der Waals surface area contributed by atoms with Gasteiger partial charge in [0.25, 0.3) is 0 Å². The molecule has 0 radical (unpaired) electrons. The number of hydrogen-bond acceptors (Lipinski definition) is 2. The fourth-order valence-electron chi connectivity index (χ4n) is 1.01. The first kappa shape index (κ1) is 12.4. The Bertz CT molecular complexity index is 299. The highest BCUT2D eigenvalue weighted by atomic mass is 16.5. The van der Waals surface area contributed by atoms with E-state index in [0.29, 0.717) is 12.0 Å². The molecule has 0 amide bonds. The predicted molar refractivity (Wildman–Crippen MR) is 58.4 cm³/mol. The molecule has 0 heterocycles. The van der Waals surface area contributed by atoms with Crippen molar-refractivity contribution in [3.63, 3.8) is 0 Å². The molecule has 0 bridgehead atoms. The van der Waals surface area contributed by atoms with Crippen molar-refractivity contribution >= 4 is 6.29 Å². The van der Waals surface area contributed by atoms with Crippen molar-refractivity contribution < 1.29 is 9.53 Å². The van der Waals surface area contributed by atoms with E-state index < -0.39 is 0 Å². The molecule has 0 unspecified atom stereocenters. The molecule has 1 aromatic carbocycles. The van der Waals surface area contributed by atoms with Gasteiger partial charge < -0.3 is 4.74 Å². The van der Waals surface area contributed by atoms with Crippen LogP contribution in [0.4, 0.5) is 0 Å². The third-order valence-corrected chi connectivity index (χ3v) is 1.81. The van der Waals surface area contributed by atoms with Crippen molar-refractivity contribution in [3.8, 4) is 0 Å². The highest BCUT2D eigenvalue weighted by Crippen LogP contribution is 2.07. The van der Waals surface area contributed by atoms with Gasteiger partial charge >= 0.3 is 0 Å². The largest absolute Gasteiger partial charge is 0.501 e. The molecule has 0 aromatic heterocycles. The summed E-state index contributed by atoms with van der Waals surface area (Å²) in [4.78, 5) is 10.4. The molecule has 2 heteroatoms. The second-order valence-corrected chi connectivity index (χ2v) is 2.78. The lowest BCUT2D eigenvalue weighted by Crippen LogP contribution is -1.91. The van der Waals surface area contributed by atoms with Gasteiger partial charge in [0.05, 0.1) is 12.9 Å². The van der Waals surface area contributed by atoms with Crippen LogP contribution in [0.3, 0.4) is 0 Å². The number of aldehydes is 1. The van der Waals surface area contributed by atoms with Crippen LogP contribution in [0.25, 0.3) is 0 Å². The van der Waals surface area contributed by atoms with Gasteiger partial charge in [-0.1, -0.05) is 38.3 Å². The highest BCUT2D eigenvalue weighted by molar-refractivity contribution is 5.74. The van der Waals surface area contributed by atoms with Gasteiger partial charge in [0.1, 0.15) is 6.29 Å². The minimum atomic E-state index is 0. The summed E-state index contributed by atoms with van der Waals surface area (Å²) in [5.74, 6) is 0.721. The molecular formula is C12H16O2. The molecular weight excluding hydrogens is 176 g/mol. The van der Waals surface area contributed by atoms with E-state index in [-0.39, 0.29) is 7.43 Å². The number of hydrogen-bond donors (Lipinski definition) is 0. The number of ether oxygens (including phenoxy) is 1. The zero-order chi connectivity index (χ0) is 9.68. The van der Waals surface area contributed by atoms with Crippen LogP contribution >= 0.6 is 0 Å². The van der Waals surface area contributed by atoms with Crippen molar-refractivity contribution in [3.05, 3.63) is 47.7 Å². The molecule has 2 nitrogen and oxygen atoms in total. The van der Waals surface area contributed by atoms with Crippen LogP contribution in [-0.2, 0) is 11.2 Å². The third kappa shape index (κ3) is 3.44. The van der Waals surface area contributed by atoms with Crippen LogP contribution in [0, 0.1) is 0 Å². The number of benzene rings is 1. The minimum absolute atomic E-state index is 0. The van der Waals surface area contributed by atoms with Crippen LogP contribution in [0.15, 0.2) is 36.6 Å². The molecule has 0 N–H and O–H groups in total. The Kier molecular flexibility index (Phi) is 5.30. The van der Waals surface area contributed by atoms with Crippen LogP contribution < -0.4 is 0 Å². The van der Waals surface area contributed by atoms with E-state index in [9.17, 15) is 4.79 Å². The maximum absolute atomic E-state index is 10.4. The van der Waals surface area contributed by atoms with Gasteiger partial charge in [-0.05, 0) is 5.56 Å². The fourth-order valence-corrected chi connectivity index (χ4v) is 1.01. The Balaban J connectivity index is 0.00000169.